The van der Waals surface area contributed by atoms with Crippen molar-refractivity contribution < 1.29 is 22.7 Å². The van der Waals surface area contributed by atoms with E-state index in [1.807, 2.05) is 41.3 Å². The van der Waals surface area contributed by atoms with Gasteiger partial charge in [0.25, 0.3) is 0 Å². The molecule has 1 atom stereocenters. The van der Waals surface area contributed by atoms with Crippen LogP contribution in [-0.2, 0) is 26.0 Å². The number of nitrogens with one attached hydrogen (secondary N) is 2. The van der Waals surface area contributed by atoms with Crippen molar-refractivity contribution in [3.05, 3.63) is 71.3 Å². The van der Waals surface area contributed by atoms with Gasteiger partial charge in [0.05, 0.1) is 24.2 Å². The van der Waals surface area contributed by atoms with Crippen molar-refractivity contribution in [2.45, 2.75) is 45.3 Å². The van der Waals surface area contributed by atoms with Gasteiger partial charge in [0.2, 0.25) is 10.0 Å². The zero-order chi connectivity index (χ0) is 29.3. The molecule has 3 aromatic rings. The van der Waals surface area contributed by atoms with Crippen molar-refractivity contribution in [2.75, 3.05) is 29.8 Å². The van der Waals surface area contributed by atoms with E-state index in [0.29, 0.717) is 29.3 Å². The lowest BCUT2D eigenvalue weighted by Gasteiger charge is -2.33. The Morgan fingerprint density at radius 2 is 1.70 bits per heavy atom. The Kier molecular flexibility index (Phi) is 10.9. The van der Waals surface area contributed by atoms with E-state index >= 15 is 0 Å². The lowest BCUT2D eigenvalue weighted by Crippen LogP contribution is -2.40. The van der Waals surface area contributed by atoms with Gasteiger partial charge in [-0.25, -0.2) is 8.42 Å². The van der Waals surface area contributed by atoms with Crippen molar-refractivity contribution in [3.63, 3.8) is 0 Å². The monoisotopic (exact) mass is 649 g/mol. The summed E-state index contributed by atoms with van der Waals surface area (Å²) in [5.41, 5.74) is 8.37. The van der Waals surface area contributed by atoms with E-state index in [1.54, 1.807) is 32.0 Å². The molecule has 13 heteroatoms. The Morgan fingerprint density at radius 1 is 1.00 bits per heavy atom. The molecule has 10 nitrogen and oxygen atoms in total. The number of anilines is 1. The molecular weight excluding hydrogens is 613 g/mol. The molecule has 43 heavy (non-hydrogen) atoms. The van der Waals surface area contributed by atoms with Gasteiger partial charge in [-0.05, 0) is 66.1 Å². The van der Waals surface area contributed by atoms with Gasteiger partial charge in [-0.15, -0.1) is 24.8 Å². The first-order valence-corrected chi connectivity index (χ1v) is 15.3. The largest absolute Gasteiger partial charge is 0.490 e. The highest BCUT2D eigenvalue weighted by molar-refractivity contribution is 7.93. The summed E-state index contributed by atoms with van der Waals surface area (Å²) in [5, 5.41) is 17.4. The Morgan fingerprint density at radius 3 is 2.35 bits per heavy atom. The van der Waals surface area contributed by atoms with E-state index in [9.17, 15) is 13.2 Å². The molecular formula is C30H37Cl2N5O5S. The van der Waals surface area contributed by atoms with Gasteiger partial charge < -0.3 is 20.1 Å². The van der Waals surface area contributed by atoms with Crippen LogP contribution in [0.1, 0.15) is 49.4 Å². The summed E-state index contributed by atoms with van der Waals surface area (Å²) < 4.78 is 40.0. The second-order valence-electron chi connectivity index (χ2n) is 10.5. The van der Waals surface area contributed by atoms with Crippen molar-refractivity contribution >= 4 is 68.9 Å². The van der Waals surface area contributed by atoms with Crippen LogP contribution in [-0.4, -0.2) is 62.5 Å². The highest BCUT2D eigenvalue weighted by Crippen LogP contribution is 2.44. The number of benzene rings is 3. The number of fused-ring (bicyclic) bond motifs is 2. The minimum atomic E-state index is -4.08. The van der Waals surface area contributed by atoms with Crippen LogP contribution in [0.25, 0.3) is 10.8 Å². The maximum Gasteiger partial charge on any atom is 0.323 e. The third kappa shape index (κ3) is 7.34. The molecule has 0 aliphatic carbocycles. The minimum absolute atomic E-state index is 0. The van der Waals surface area contributed by atoms with Gasteiger partial charge in [-0.3, -0.25) is 19.9 Å². The fraction of sp³-hybridized carbons (Fsp3) is 0.367. The van der Waals surface area contributed by atoms with Gasteiger partial charge >= 0.3 is 5.97 Å². The number of likely N-dealkylation sites (tertiary alicyclic amines) is 1. The summed E-state index contributed by atoms with van der Waals surface area (Å²) in [6.07, 6.45) is 2.02. The molecule has 2 aliphatic heterocycles. The summed E-state index contributed by atoms with van der Waals surface area (Å²) in [7, 11) is -4.08. The number of piperidine rings is 1. The molecule has 0 radical (unpaired) electrons. The number of rotatable bonds is 8. The first-order chi connectivity index (χ1) is 19.6. The second kappa shape index (κ2) is 13.8. The number of nitrogen functional groups attached to an aromatic ring is 1. The predicted molar refractivity (Wildman–Crippen MR) is 174 cm³/mol. The zero-order valence-corrected chi connectivity index (χ0v) is 26.5. The van der Waals surface area contributed by atoms with Crippen LogP contribution in [0.4, 0.5) is 5.69 Å². The van der Waals surface area contributed by atoms with E-state index in [1.165, 1.54) is 4.31 Å². The Hall–Kier alpha value is -3.54. The molecule has 0 bridgehead atoms. The zero-order valence-electron chi connectivity index (χ0n) is 24.0. The highest BCUT2D eigenvalue weighted by Gasteiger charge is 2.40. The summed E-state index contributed by atoms with van der Waals surface area (Å²) in [6.45, 7) is 5.05. The van der Waals surface area contributed by atoms with Gasteiger partial charge in [0.15, 0.2) is 5.75 Å². The number of nitrogens with two attached hydrogens (primary N) is 1. The maximum absolute atomic E-state index is 13.7. The normalized spacial score (nSPS) is 16.6. The molecule has 0 amide bonds. The number of hydrogen-bond donors (Lipinski definition) is 3. The molecule has 0 aromatic heterocycles. The molecule has 4 N–H and O–H groups in total. The number of esters is 1. The summed E-state index contributed by atoms with van der Waals surface area (Å²) in [5.74, 6) is -0.377. The molecule has 2 heterocycles. The third-order valence-corrected chi connectivity index (χ3v) is 9.32. The quantitative estimate of drug-likeness (QED) is 0.180. The Bertz CT molecular complexity index is 1630. The van der Waals surface area contributed by atoms with Crippen molar-refractivity contribution in [3.8, 4) is 5.75 Å². The first-order valence-electron chi connectivity index (χ1n) is 13.7. The molecule has 2 aliphatic rings. The summed E-state index contributed by atoms with van der Waals surface area (Å²) in [4.78, 5) is 14.3. The number of ether oxygens (including phenoxy) is 2. The van der Waals surface area contributed by atoms with Crippen molar-refractivity contribution in [1.82, 2.24) is 4.90 Å². The van der Waals surface area contributed by atoms with Crippen LogP contribution in [0, 0.1) is 10.8 Å². The Labute approximate surface area is 264 Å². The number of carbonyl (C=O) groups excluding carboxylic acids is 1. The Balaban J connectivity index is 0.00000253. The molecule has 0 spiro atoms. The summed E-state index contributed by atoms with van der Waals surface area (Å²) >= 11 is 0. The average molecular weight is 651 g/mol. The highest BCUT2D eigenvalue weighted by atomic mass is 35.5. The van der Waals surface area contributed by atoms with Crippen LogP contribution < -0.4 is 14.8 Å². The van der Waals surface area contributed by atoms with E-state index < -0.39 is 27.8 Å². The van der Waals surface area contributed by atoms with Crippen LogP contribution >= 0.6 is 24.8 Å². The van der Waals surface area contributed by atoms with E-state index in [-0.39, 0.29) is 43.4 Å². The van der Waals surface area contributed by atoms with Crippen LogP contribution in [0.5, 0.6) is 5.75 Å². The summed E-state index contributed by atoms with van der Waals surface area (Å²) in [6, 6.07) is 16.1. The fourth-order valence-corrected chi connectivity index (χ4v) is 7.21. The van der Waals surface area contributed by atoms with Gasteiger partial charge in [0.1, 0.15) is 17.7 Å². The van der Waals surface area contributed by atoms with Crippen LogP contribution in [0.15, 0.2) is 54.6 Å². The topological polar surface area (TPSA) is 150 Å². The van der Waals surface area contributed by atoms with Crippen LogP contribution in [0.3, 0.4) is 0 Å². The maximum atomic E-state index is 13.7. The fourth-order valence-electron chi connectivity index (χ4n) is 5.63. The molecule has 232 valence electrons. The minimum Gasteiger partial charge on any atom is -0.490 e. The number of carbonyl (C=O) groups is 1. The van der Waals surface area contributed by atoms with E-state index in [4.69, 9.17) is 26.0 Å². The molecule has 3 aromatic carbocycles. The van der Waals surface area contributed by atoms with Gasteiger partial charge in [-0.1, -0.05) is 24.3 Å². The SMILES string of the molecule is CCOC(=O)CS(=O)(=O)N1c2ccc(OC3CCN(C(C)=N)CC3)cc2CC1c1ccc2ccc(C(=N)N)cc2c1.Cl.Cl. The van der Waals surface area contributed by atoms with Gasteiger partial charge in [-0.2, -0.15) is 0 Å². The second-order valence-corrected chi connectivity index (χ2v) is 12.3. The van der Waals surface area contributed by atoms with Gasteiger partial charge in [0, 0.05) is 37.9 Å². The number of amidine groups is 2. The van der Waals surface area contributed by atoms with E-state index in [2.05, 4.69) is 0 Å². The van der Waals surface area contributed by atoms with Crippen molar-refractivity contribution in [1.29, 1.82) is 10.8 Å². The molecule has 0 saturated carbocycles. The number of halogens is 2. The molecule has 1 fully saturated rings. The molecule has 1 unspecified atom stereocenters. The lowest BCUT2D eigenvalue weighted by molar-refractivity contribution is -0.139. The smallest absolute Gasteiger partial charge is 0.323 e. The predicted octanol–water partition coefficient (Wildman–Crippen LogP) is 4.80. The number of nitrogens with zero attached hydrogens (tertiary/aromatic N) is 2. The average Bonchev–Trinajstić information content (AvgIpc) is 3.32. The number of sulfonamides is 1. The van der Waals surface area contributed by atoms with Crippen LogP contribution in [0.2, 0.25) is 0 Å². The molecule has 1 saturated heterocycles. The first kappa shape index (κ1) is 34.0. The number of hydrogen-bond acceptors (Lipinski definition) is 7. The van der Waals surface area contributed by atoms with E-state index in [0.717, 1.165) is 47.8 Å². The standard InChI is InChI=1S/C30H35N5O5S.2ClH/c1-3-39-29(36)18-41(37,38)35-27-9-8-26(40-25-10-12-34(13-11-25)19(2)31)16-24(27)17-28(35)21-6-4-20-5-7-22(30(32)33)15-23(20)14-21;;/h4-9,14-16,25,28,31H,3,10-13,17-18H2,1-2H3,(H3,32,33);2*1H. The molecule has 5 rings (SSSR count). The van der Waals surface area contributed by atoms with Crippen molar-refractivity contribution in [2.24, 2.45) is 5.73 Å². The lowest BCUT2D eigenvalue weighted by atomic mass is 9.98. The third-order valence-electron chi connectivity index (χ3n) is 7.67.